The fourth-order valence-electron chi connectivity index (χ4n) is 4.42. The van der Waals surface area contributed by atoms with Gasteiger partial charge in [0.2, 0.25) is 5.91 Å². The highest BCUT2D eigenvalue weighted by molar-refractivity contribution is 6.76. The van der Waals surface area contributed by atoms with E-state index in [1.54, 1.807) is 36.5 Å². The third-order valence-corrected chi connectivity index (χ3v) is 8.75. The first-order valence-corrected chi connectivity index (χ1v) is 18.9. The number of primary amides is 1. The molecule has 1 aromatic rings. The zero-order chi connectivity index (χ0) is 31.0. The molecule has 0 fully saturated rings. The van der Waals surface area contributed by atoms with E-state index in [0.29, 0.717) is 43.6 Å². The van der Waals surface area contributed by atoms with Crippen LogP contribution >= 0.6 is 0 Å². The fraction of sp³-hybridized carbons (Fsp3) is 0.594. The number of nitrogens with two attached hydrogens (primary N) is 1. The van der Waals surface area contributed by atoms with Crippen molar-refractivity contribution < 1.29 is 33.7 Å². The fourth-order valence-corrected chi connectivity index (χ4v) is 5.18. The molecule has 3 N–H and O–H groups in total. The topological polar surface area (TPSA) is 128 Å². The van der Waals surface area contributed by atoms with Gasteiger partial charge in [0.1, 0.15) is 24.0 Å². The number of carbonyl (C=O) groups is 3. The van der Waals surface area contributed by atoms with Gasteiger partial charge in [-0.3, -0.25) is 9.59 Å². The minimum Gasteiger partial charge on any atom is -0.467 e. The number of amides is 2. The molecule has 1 aliphatic rings. The lowest BCUT2D eigenvalue weighted by atomic mass is 10.1. The summed E-state index contributed by atoms with van der Waals surface area (Å²) in [6, 6.07) is 7.23. The first-order chi connectivity index (χ1) is 20.0. The molecule has 1 aliphatic heterocycles. The molecule has 1 aromatic carbocycles. The Labute approximate surface area is 252 Å². The molecule has 234 valence electrons. The molecule has 2 amide bonds. The van der Waals surface area contributed by atoms with Crippen LogP contribution in [0.15, 0.2) is 48.7 Å². The highest BCUT2D eigenvalue weighted by Gasteiger charge is 2.35. The van der Waals surface area contributed by atoms with E-state index in [-0.39, 0.29) is 25.2 Å². The maximum atomic E-state index is 13.6. The number of ether oxygens (including phenoxy) is 3. The van der Waals surface area contributed by atoms with Crippen LogP contribution in [0.2, 0.25) is 25.7 Å². The predicted octanol–water partition coefficient (Wildman–Crippen LogP) is 5.56. The molecule has 2 rings (SSSR count). The standard InChI is InChI=1S/C32H50N2O7Si/c1-5-6-7-9-15-25(16-10-8-11-19-28(35)30(33)36)41-32(38)27-18-14-21-34(27)31(37)26-17-12-13-20-29(26)40-24-39-22-23-42(2,3)4/h8,10,12-14,17,20-21,25,27-28,35H,5-7,9,11,15-16,18-19,22-24H2,1-4H3,(H2,33,36)/b10-8+/t25-,27+,28-/m1/s1. The van der Waals surface area contributed by atoms with E-state index < -0.39 is 32.1 Å². The Kier molecular flexibility index (Phi) is 15.6. The van der Waals surface area contributed by atoms with Crippen LogP contribution in [0, 0.1) is 0 Å². The van der Waals surface area contributed by atoms with Gasteiger partial charge in [-0.15, -0.1) is 0 Å². The summed E-state index contributed by atoms with van der Waals surface area (Å²) in [6.07, 6.45) is 12.2. The zero-order valence-electron chi connectivity index (χ0n) is 25.8. The number of rotatable bonds is 20. The summed E-state index contributed by atoms with van der Waals surface area (Å²) in [5.41, 5.74) is 5.46. The molecule has 10 heteroatoms. The second-order valence-electron chi connectivity index (χ2n) is 11.9. The molecule has 0 spiro atoms. The van der Waals surface area contributed by atoms with Crippen molar-refractivity contribution in [3.8, 4) is 5.75 Å². The lowest BCUT2D eigenvalue weighted by Crippen LogP contribution is -2.41. The van der Waals surface area contributed by atoms with Crippen LogP contribution in [0.5, 0.6) is 5.75 Å². The summed E-state index contributed by atoms with van der Waals surface area (Å²) in [6.45, 7) is 9.64. The number of allylic oxidation sites excluding steroid dienone is 1. The van der Waals surface area contributed by atoms with Crippen LogP contribution in [0.25, 0.3) is 0 Å². The molecule has 0 aromatic heterocycles. The van der Waals surface area contributed by atoms with Gasteiger partial charge in [-0.1, -0.05) is 76.2 Å². The number of carbonyl (C=O) groups excluding carboxylic acids is 3. The number of unbranched alkanes of at least 4 members (excludes halogenated alkanes) is 3. The first-order valence-electron chi connectivity index (χ1n) is 15.1. The van der Waals surface area contributed by atoms with Crippen LogP contribution in [-0.4, -0.2) is 67.5 Å². The van der Waals surface area contributed by atoms with Crippen LogP contribution in [0.1, 0.15) is 75.1 Å². The van der Waals surface area contributed by atoms with E-state index in [1.807, 2.05) is 12.2 Å². The lowest BCUT2D eigenvalue weighted by molar-refractivity contribution is -0.153. The molecule has 0 radical (unpaired) electrons. The van der Waals surface area contributed by atoms with Gasteiger partial charge in [0.15, 0.2) is 6.79 Å². The van der Waals surface area contributed by atoms with Crippen LogP contribution in [0.3, 0.4) is 0 Å². The molecule has 0 saturated heterocycles. The van der Waals surface area contributed by atoms with Crippen LogP contribution in [0.4, 0.5) is 0 Å². The Morgan fingerprint density at radius 2 is 1.88 bits per heavy atom. The van der Waals surface area contributed by atoms with Crippen molar-refractivity contribution in [3.05, 3.63) is 54.3 Å². The van der Waals surface area contributed by atoms with Crippen molar-refractivity contribution in [3.63, 3.8) is 0 Å². The van der Waals surface area contributed by atoms with Crippen molar-refractivity contribution in [2.75, 3.05) is 13.4 Å². The number of aliphatic hydroxyl groups is 1. The lowest BCUT2D eigenvalue weighted by Gasteiger charge is -2.26. The van der Waals surface area contributed by atoms with Gasteiger partial charge in [-0.2, -0.15) is 0 Å². The second-order valence-corrected chi connectivity index (χ2v) is 17.6. The third-order valence-electron chi connectivity index (χ3n) is 7.04. The monoisotopic (exact) mass is 602 g/mol. The molecule has 0 unspecified atom stereocenters. The number of nitrogens with zero attached hydrogens (tertiary/aromatic N) is 1. The highest BCUT2D eigenvalue weighted by Crippen LogP contribution is 2.26. The summed E-state index contributed by atoms with van der Waals surface area (Å²) >= 11 is 0. The van der Waals surface area contributed by atoms with E-state index in [4.69, 9.17) is 19.9 Å². The van der Waals surface area contributed by atoms with Crippen molar-refractivity contribution in [2.24, 2.45) is 5.73 Å². The van der Waals surface area contributed by atoms with Crippen molar-refractivity contribution in [2.45, 2.75) is 109 Å². The van der Waals surface area contributed by atoms with Crippen LogP contribution in [-0.2, 0) is 19.1 Å². The smallest absolute Gasteiger partial charge is 0.329 e. The quantitative estimate of drug-likeness (QED) is 0.0657. The molecule has 0 saturated carbocycles. The SMILES string of the molecule is CCCCCC[C@H](C/C=C/CC[C@@H](O)C(N)=O)OC(=O)[C@@H]1CC=CN1C(=O)c1ccccc1OCOCC[Si](C)(C)C. The van der Waals surface area contributed by atoms with E-state index in [1.165, 1.54) is 4.90 Å². The Hall–Kier alpha value is -2.95. The Bertz CT molecular complexity index is 1050. The average Bonchev–Trinajstić information content (AvgIpc) is 3.44. The minimum absolute atomic E-state index is 0.0464. The van der Waals surface area contributed by atoms with Gasteiger partial charge in [-0.05, 0) is 50.3 Å². The van der Waals surface area contributed by atoms with Gasteiger partial charge in [0.05, 0.1) is 5.56 Å². The maximum Gasteiger partial charge on any atom is 0.329 e. The molecular formula is C32H50N2O7Si. The minimum atomic E-state index is -1.22. The molecule has 9 nitrogen and oxygen atoms in total. The number of aliphatic hydroxyl groups excluding tert-OH is 1. The highest BCUT2D eigenvalue weighted by atomic mass is 28.3. The number of esters is 1. The number of hydrogen-bond donors (Lipinski definition) is 2. The van der Waals surface area contributed by atoms with Gasteiger partial charge in [0, 0.05) is 27.3 Å². The Balaban J connectivity index is 2.01. The molecule has 1 heterocycles. The van der Waals surface area contributed by atoms with E-state index in [2.05, 4.69) is 26.6 Å². The van der Waals surface area contributed by atoms with E-state index in [0.717, 1.165) is 31.7 Å². The Morgan fingerprint density at radius 1 is 1.12 bits per heavy atom. The molecule has 0 aliphatic carbocycles. The third kappa shape index (κ3) is 12.9. The van der Waals surface area contributed by atoms with E-state index >= 15 is 0 Å². The molecule has 3 atom stereocenters. The summed E-state index contributed by atoms with van der Waals surface area (Å²) in [5.74, 6) is -1.12. The van der Waals surface area contributed by atoms with Gasteiger partial charge < -0.3 is 30.0 Å². The number of hydrogen-bond acceptors (Lipinski definition) is 7. The summed E-state index contributed by atoms with van der Waals surface area (Å²) in [7, 11) is -1.22. The largest absolute Gasteiger partial charge is 0.467 e. The summed E-state index contributed by atoms with van der Waals surface area (Å²) in [5, 5.41) is 9.57. The number of benzene rings is 1. The van der Waals surface area contributed by atoms with Gasteiger partial charge in [-0.25, -0.2) is 4.79 Å². The molecular weight excluding hydrogens is 552 g/mol. The van der Waals surface area contributed by atoms with Crippen molar-refractivity contribution in [1.82, 2.24) is 4.90 Å². The maximum absolute atomic E-state index is 13.6. The zero-order valence-corrected chi connectivity index (χ0v) is 26.8. The first kappa shape index (κ1) is 35.2. The molecule has 0 bridgehead atoms. The van der Waals surface area contributed by atoms with Crippen molar-refractivity contribution >= 4 is 25.9 Å². The van der Waals surface area contributed by atoms with Crippen molar-refractivity contribution in [1.29, 1.82) is 0 Å². The van der Waals surface area contributed by atoms with Crippen LogP contribution < -0.4 is 10.5 Å². The van der Waals surface area contributed by atoms with Gasteiger partial charge in [0.25, 0.3) is 5.91 Å². The molecule has 42 heavy (non-hydrogen) atoms. The summed E-state index contributed by atoms with van der Waals surface area (Å²) in [4.78, 5) is 39.4. The normalized spacial score (nSPS) is 16.5. The summed E-state index contributed by atoms with van der Waals surface area (Å²) < 4.78 is 17.4. The second kappa shape index (κ2) is 18.6. The number of para-hydroxylation sites is 1. The Morgan fingerprint density at radius 3 is 2.60 bits per heavy atom. The predicted molar refractivity (Wildman–Crippen MR) is 167 cm³/mol. The average molecular weight is 603 g/mol. The van der Waals surface area contributed by atoms with E-state index in [9.17, 15) is 19.5 Å². The van der Waals surface area contributed by atoms with Gasteiger partial charge >= 0.3 is 5.97 Å².